The minimum atomic E-state index is -4.00. The standard InChI is InChI=1S/C21H24FNO6S/c1-27-17-6-8-18(9-7-17)28-13-14-29-21(24)16-5-10-19(22)20(15-16)30(25,26)23-11-3-2-4-12-23/h5-10,15H,2-4,11-14H2,1H3. The molecule has 7 nitrogen and oxygen atoms in total. The molecule has 1 fully saturated rings. The highest BCUT2D eigenvalue weighted by molar-refractivity contribution is 7.89. The largest absolute Gasteiger partial charge is 0.497 e. The van der Waals surface area contributed by atoms with Gasteiger partial charge in [-0.25, -0.2) is 17.6 Å². The Morgan fingerprint density at radius 3 is 2.33 bits per heavy atom. The van der Waals surface area contributed by atoms with Crippen LogP contribution in [-0.2, 0) is 14.8 Å². The zero-order valence-corrected chi connectivity index (χ0v) is 17.5. The summed E-state index contributed by atoms with van der Waals surface area (Å²) in [4.78, 5) is 11.8. The van der Waals surface area contributed by atoms with E-state index >= 15 is 0 Å². The van der Waals surface area contributed by atoms with Crippen LogP contribution in [0.5, 0.6) is 11.5 Å². The second-order valence-corrected chi connectivity index (χ2v) is 8.68. The zero-order valence-electron chi connectivity index (χ0n) is 16.7. The summed E-state index contributed by atoms with van der Waals surface area (Å²) in [6.45, 7) is 0.757. The fourth-order valence-electron chi connectivity index (χ4n) is 3.12. The number of ether oxygens (including phenoxy) is 3. The molecule has 1 aliphatic heterocycles. The highest BCUT2D eigenvalue weighted by Gasteiger charge is 2.29. The van der Waals surface area contributed by atoms with Gasteiger partial charge >= 0.3 is 5.97 Å². The summed E-state index contributed by atoms with van der Waals surface area (Å²) < 4.78 is 56.7. The Morgan fingerprint density at radius 1 is 1.00 bits per heavy atom. The van der Waals surface area contributed by atoms with Crippen LogP contribution in [0.1, 0.15) is 29.6 Å². The summed E-state index contributed by atoms with van der Waals surface area (Å²) in [6, 6.07) is 10.1. The number of methoxy groups -OCH3 is 1. The number of rotatable bonds is 8. The molecule has 1 saturated heterocycles. The summed E-state index contributed by atoms with van der Waals surface area (Å²) in [6.07, 6.45) is 2.41. The van der Waals surface area contributed by atoms with Crippen LogP contribution in [-0.4, -0.2) is 52.1 Å². The second-order valence-electron chi connectivity index (χ2n) is 6.77. The van der Waals surface area contributed by atoms with Gasteiger partial charge in [0.05, 0.1) is 12.7 Å². The molecule has 162 valence electrons. The SMILES string of the molecule is COc1ccc(OCCOC(=O)c2ccc(F)c(S(=O)(=O)N3CCCCC3)c2)cc1. The quantitative estimate of drug-likeness (QED) is 0.466. The van der Waals surface area contributed by atoms with Crippen LogP contribution in [0.4, 0.5) is 4.39 Å². The first kappa shape index (κ1) is 22.0. The first-order valence-electron chi connectivity index (χ1n) is 9.65. The van der Waals surface area contributed by atoms with Crippen molar-refractivity contribution >= 4 is 16.0 Å². The van der Waals surface area contributed by atoms with E-state index in [0.29, 0.717) is 24.6 Å². The molecule has 0 saturated carbocycles. The highest BCUT2D eigenvalue weighted by atomic mass is 32.2. The molecule has 0 radical (unpaired) electrons. The number of hydrogen-bond acceptors (Lipinski definition) is 6. The van der Waals surface area contributed by atoms with Crippen LogP contribution in [0.25, 0.3) is 0 Å². The number of piperidine rings is 1. The molecule has 0 atom stereocenters. The average Bonchev–Trinajstić information content (AvgIpc) is 2.77. The van der Waals surface area contributed by atoms with Gasteiger partial charge in [-0.05, 0) is 55.3 Å². The van der Waals surface area contributed by atoms with Crippen LogP contribution in [0.2, 0.25) is 0 Å². The Balaban J connectivity index is 1.60. The van der Waals surface area contributed by atoms with Crippen LogP contribution in [0, 0.1) is 5.82 Å². The molecule has 0 spiro atoms. The van der Waals surface area contributed by atoms with Crippen LogP contribution >= 0.6 is 0 Å². The Hall–Kier alpha value is -2.65. The Morgan fingerprint density at radius 2 is 1.67 bits per heavy atom. The third kappa shape index (κ3) is 5.28. The van der Waals surface area contributed by atoms with E-state index in [0.717, 1.165) is 31.4 Å². The van der Waals surface area contributed by atoms with Crippen molar-refractivity contribution in [1.29, 1.82) is 0 Å². The number of benzene rings is 2. The number of hydrogen-bond donors (Lipinski definition) is 0. The first-order chi connectivity index (χ1) is 14.4. The number of esters is 1. The van der Waals surface area contributed by atoms with Gasteiger partial charge in [-0.3, -0.25) is 0 Å². The zero-order chi connectivity index (χ0) is 21.6. The molecule has 0 unspecified atom stereocenters. The minimum Gasteiger partial charge on any atom is -0.497 e. The monoisotopic (exact) mass is 437 g/mol. The van der Waals surface area contributed by atoms with E-state index in [-0.39, 0.29) is 18.8 Å². The lowest BCUT2D eigenvalue weighted by Crippen LogP contribution is -2.36. The van der Waals surface area contributed by atoms with Gasteiger partial charge in [0.15, 0.2) is 0 Å². The molecule has 0 aromatic heterocycles. The number of sulfonamides is 1. The molecule has 2 aromatic rings. The first-order valence-corrected chi connectivity index (χ1v) is 11.1. The maximum absolute atomic E-state index is 14.2. The van der Waals surface area contributed by atoms with Gasteiger partial charge in [0.2, 0.25) is 10.0 Å². The summed E-state index contributed by atoms with van der Waals surface area (Å²) in [5, 5.41) is 0. The predicted octanol–water partition coefficient (Wildman–Crippen LogP) is 3.24. The van der Waals surface area contributed by atoms with E-state index in [1.807, 2.05) is 0 Å². The lowest BCUT2D eigenvalue weighted by molar-refractivity contribution is 0.0450. The van der Waals surface area contributed by atoms with Crippen LogP contribution < -0.4 is 9.47 Å². The molecular weight excluding hydrogens is 413 g/mol. The molecule has 0 bridgehead atoms. The molecule has 0 N–H and O–H groups in total. The van der Waals surface area contributed by atoms with Crippen molar-refractivity contribution in [3.63, 3.8) is 0 Å². The van der Waals surface area contributed by atoms with Gasteiger partial charge < -0.3 is 14.2 Å². The molecule has 3 rings (SSSR count). The molecular formula is C21H24FNO6S. The van der Waals surface area contributed by atoms with Crippen molar-refractivity contribution in [2.75, 3.05) is 33.4 Å². The summed E-state index contributed by atoms with van der Waals surface area (Å²) in [5.74, 6) is -0.354. The molecule has 1 heterocycles. The van der Waals surface area contributed by atoms with E-state index < -0.39 is 26.7 Å². The normalized spacial score (nSPS) is 14.9. The number of carbonyl (C=O) groups is 1. The lowest BCUT2D eigenvalue weighted by atomic mass is 10.2. The molecule has 1 aliphatic rings. The van der Waals surface area contributed by atoms with E-state index in [4.69, 9.17) is 14.2 Å². The van der Waals surface area contributed by atoms with Crippen molar-refractivity contribution in [2.24, 2.45) is 0 Å². The van der Waals surface area contributed by atoms with E-state index in [1.165, 1.54) is 10.4 Å². The minimum absolute atomic E-state index is 0.0311. The van der Waals surface area contributed by atoms with Gasteiger partial charge in [0.1, 0.15) is 35.4 Å². The van der Waals surface area contributed by atoms with Crippen LogP contribution in [0.15, 0.2) is 47.4 Å². The summed E-state index contributed by atoms with van der Waals surface area (Å²) in [7, 11) is -2.44. The smallest absolute Gasteiger partial charge is 0.338 e. The predicted molar refractivity (Wildman–Crippen MR) is 108 cm³/mol. The number of halogens is 1. The highest BCUT2D eigenvalue weighted by Crippen LogP contribution is 2.24. The fourth-order valence-corrected chi connectivity index (χ4v) is 4.73. The van der Waals surface area contributed by atoms with Crippen LogP contribution in [0.3, 0.4) is 0 Å². The van der Waals surface area contributed by atoms with Gasteiger partial charge in [0, 0.05) is 13.1 Å². The third-order valence-corrected chi connectivity index (χ3v) is 6.66. The fraction of sp³-hybridized carbons (Fsp3) is 0.381. The summed E-state index contributed by atoms with van der Waals surface area (Å²) >= 11 is 0. The average molecular weight is 437 g/mol. The van der Waals surface area contributed by atoms with Gasteiger partial charge in [0.25, 0.3) is 0 Å². The maximum atomic E-state index is 14.2. The lowest BCUT2D eigenvalue weighted by Gasteiger charge is -2.26. The molecule has 30 heavy (non-hydrogen) atoms. The van der Waals surface area contributed by atoms with Crippen molar-refractivity contribution in [3.8, 4) is 11.5 Å². The Labute approximate surface area is 175 Å². The molecule has 0 aliphatic carbocycles. The van der Waals surface area contributed by atoms with E-state index in [1.54, 1.807) is 31.4 Å². The van der Waals surface area contributed by atoms with Gasteiger partial charge in [-0.2, -0.15) is 4.31 Å². The van der Waals surface area contributed by atoms with Crippen molar-refractivity contribution in [2.45, 2.75) is 24.2 Å². The Kier molecular flexibility index (Phi) is 7.28. The number of carbonyl (C=O) groups excluding carboxylic acids is 1. The molecule has 0 amide bonds. The Bertz CT molecular complexity index is 971. The third-order valence-electron chi connectivity index (χ3n) is 4.74. The molecule has 9 heteroatoms. The number of nitrogens with zero attached hydrogens (tertiary/aromatic N) is 1. The molecule has 2 aromatic carbocycles. The van der Waals surface area contributed by atoms with Gasteiger partial charge in [-0.1, -0.05) is 6.42 Å². The van der Waals surface area contributed by atoms with E-state index in [9.17, 15) is 17.6 Å². The van der Waals surface area contributed by atoms with Crippen molar-refractivity contribution < 1.29 is 31.8 Å². The van der Waals surface area contributed by atoms with Crippen molar-refractivity contribution in [3.05, 3.63) is 53.8 Å². The maximum Gasteiger partial charge on any atom is 0.338 e. The second kappa shape index (κ2) is 9.90. The summed E-state index contributed by atoms with van der Waals surface area (Å²) in [5.41, 5.74) is -0.0311. The topological polar surface area (TPSA) is 82.1 Å². The van der Waals surface area contributed by atoms with E-state index in [2.05, 4.69) is 0 Å². The van der Waals surface area contributed by atoms with Crippen molar-refractivity contribution in [1.82, 2.24) is 4.31 Å². The van der Waals surface area contributed by atoms with Gasteiger partial charge in [-0.15, -0.1) is 0 Å².